The lowest BCUT2D eigenvalue weighted by Crippen LogP contribution is -1.82. The molecule has 2 N–H and O–H groups in total. The van der Waals surface area contributed by atoms with E-state index >= 15 is 0 Å². The van der Waals surface area contributed by atoms with Gasteiger partial charge in [0.05, 0.1) is 10.2 Å². The van der Waals surface area contributed by atoms with Crippen LogP contribution in [0.1, 0.15) is 5.56 Å². The first kappa shape index (κ1) is 11.5. The summed E-state index contributed by atoms with van der Waals surface area (Å²) in [5.41, 5.74) is 7.42. The molecule has 0 aliphatic carbocycles. The second kappa shape index (κ2) is 5.98. The third kappa shape index (κ3) is 3.64. The summed E-state index contributed by atoms with van der Waals surface area (Å²) in [4.78, 5) is 4.22. The quantitative estimate of drug-likeness (QED) is 0.672. The number of halogens is 2. The summed E-state index contributed by atoms with van der Waals surface area (Å²) < 4.78 is 0.766. The van der Waals surface area contributed by atoms with Crippen molar-refractivity contribution in [1.82, 2.24) is 0 Å². The van der Waals surface area contributed by atoms with Gasteiger partial charge in [0.2, 0.25) is 0 Å². The van der Waals surface area contributed by atoms with Gasteiger partial charge in [-0.3, -0.25) is 4.99 Å². The molecule has 0 aliphatic rings. The average Bonchev–Trinajstić information content (AvgIpc) is 2.26. The Morgan fingerprint density at radius 1 is 1.36 bits per heavy atom. The molecule has 0 radical (unpaired) electrons. The number of nitrogens with zero attached hydrogens (tertiary/aromatic N) is 1. The second-order valence-corrected chi connectivity index (χ2v) is 4.09. The van der Waals surface area contributed by atoms with Gasteiger partial charge in [0.15, 0.2) is 0 Å². The van der Waals surface area contributed by atoms with Crippen LogP contribution in [0.15, 0.2) is 39.9 Å². The zero-order valence-corrected chi connectivity index (χ0v) is 10.6. The maximum Gasteiger partial charge on any atom is 0.0630 e. The van der Waals surface area contributed by atoms with Gasteiger partial charge in [0.1, 0.15) is 0 Å². The zero-order valence-electron chi connectivity index (χ0n) is 7.45. The lowest BCUT2D eigenvalue weighted by Gasteiger charge is -1.95. The van der Waals surface area contributed by atoms with E-state index in [0.717, 1.165) is 15.5 Å². The van der Waals surface area contributed by atoms with Crippen LogP contribution in [0, 0.1) is 0 Å². The van der Waals surface area contributed by atoms with Crippen LogP contribution in [0.2, 0.25) is 0 Å². The number of hydrogen-bond donors (Lipinski definition) is 1. The van der Waals surface area contributed by atoms with E-state index in [0.29, 0.717) is 0 Å². The molecule has 0 bridgehead atoms. The van der Waals surface area contributed by atoms with Crippen LogP contribution in [0.5, 0.6) is 0 Å². The van der Waals surface area contributed by atoms with E-state index in [1.54, 1.807) is 6.21 Å². The molecule has 0 heterocycles. The van der Waals surface area contributed by atoms with Crippen LogP contribution in [-0.4, -0.2) is 6.21 Å². The standard InChI is InChI=1S/C10H10Br2N2/c11-5-8-1-3-10(4-2-8)14-7-9(12)6-13/h1-4,6-7H,5,13H2. The Kier molecular flexibility index (Phi) is 4.90. The summed E-state index contributed by atoms with van der Waals surface area (Å²) in [5.74, 6) is 0. The van der Waals surface area contributed by atoms with Crippen molar-refractivity contribution in [3.8, 4) is 0 Å². The second-order valence-electron chi connectivity index (χ2n) is 2.61. The van der Waals surface area contributed by atoms with E-state index in [2.05, 4.69) is 36.9 Å². The van der Waals surface area contributed by atoms with E-state index in [1.807, 2.05) is 24.3 Å². The number of hydrogen-bond acceptors (Lipinski definition) is 2. The first-order chi connectivity index (χ1) is 6.76. The fourth-order valence-corrected chi connectivity index (χ4v) is 1.33. The fraction of sp³-hybridized carbons (Fsp3) is 0.100. The van der Waals surface area contributed by atoms with Crippen LogP contribution in [0.3, 0.4) is 0 Å². The van der Waals surface area contributed by atoms with Gasteiger partial charge in [-0.1, -0.05) is 28.1 Å². The van der Waals surface area contributed by atoms with Crippen molar-refractivity contribution >= 4 is 43.8 Å². The summed E-state index contributed by atoms with van der Waals surface area (Å²) in [6.45, 7) is 0. The van der Waals surface area contributed by atoms with Gasteiger partial charge in [0.25, 0.3) is 0 Å². The predicted octanol–water partition coefficient (Wildman–Crippen LogP) is 3.48. The Hall–Kier alpha value is -0.610. The summed E-state index contributed by atoms with van der Waals surface area (Å²) in [6, 6.07) is 7.98. The topological polar surface area (TPSA) is 38.4 Å². The molecule has 2 nitrogen and oxygen atoms in total. The molecule has 4 heteroatoms. The first-order valence-corrected chi connectivity index (χ1v) is 5.94. The number of nitrogens with two attached hydrogens (primary N) is 1. The Morgan fingerprint density at radius 3 is 2.50 bits per heavy atom. The van der Waals surface area contributed by atoms with Crippen molar-refractivity contribution in [3.63, 3.8) is 0 Å². The normalized spacial score (nSPS) is 12.3. The molecule has 0 aliphatic heterocycles. The fourth-order valence-electron chi connectivity index (χ4n) is 0.850. The predicted molar refractivity (Wildman–Crippen MR) is 68.4 cm³/mol. The van der Waals surface area contributed by atoms with Gasteiger partial charge in [-0.2, -0.15) is 0 Å². The Morgan fingerprint density at radius 2 is 2.00 bits per heavy atom. The maximum absolute atomic E-state index is 5.28. The largest absolute Gasteiger partial charge is 0.404 e. The van der Waals surface area contributed by atoms with Crippen molar-refractivity contribution in [1.29, 1.82) is 0 Å². The molecule has 0 saturated carbocycles. The van der Waals surface area contributed by atoms with Gasteiger partial charge < -0.3 is 5.73 Å². The lowest BCUT2D eigenvalue weighted by atomic mass is 10.2. The van der Waals surface area contributed by atoms with Gasteiger partial charge >= 0.3 is 0 Å². The summed E-state index contributed by atoms with van der Waals surface area (Å²) in [7, 11) is 0. The third-order valence-corrected chi connectivity index (χ3v) is 2.70. The molecule has 14 heavy (non-hydrogen) atoms. The zero-order chi connectivity index (χ0) is 10.4. The van der Waals surface area contributed by atoms with E-state index in [1.165, 1.54) is 11.8 Å². The van der Waals surface area contributed by atoms with Crippen molar-refractivity contribution in [2.45, 2.75) is 5.33 Å². The number of allylic oxidation sites excluding steroid dienone is 1. The van der Waals surface area contributed by atoms with Crippen LogP contribution in [-0.2, 0) is 5.33 Å². The van der Waals surface area contributed by atoms with Gasteiger partial charge in [-0.05, 0) is 33.6 Å². The van der Waals surface area contributed by atoms with Crippen LogP contribution in [0.25, 0.3) is 0 Å². The molecule has 1 rings (SSSR count). The van der Waals surface area contributed by atoms with Gasteiger partial charge in [-0.15, -0.1) is 0 Å². The number of benzene rings is 1. The SMILES string of the molecule is NC=C(Br)C=Nc1ccc(CBr)cc1. The molecule has 0 aromatic heterocycles. The summed E-state index contributed by atoms with van der Waals surface area (Å²) >= 11 is 6.63. The molecular weight excluding hydrogens is 308 g/mol. The number of rotatable bonds is 3. The third-order valence-electron chi connectivity index (χ3n) is 1.59. The highest BCUT2D eigenvalue weighted by molar-refractivity contribution is 9.12. The van der Waals surface area contributed by atoms with E-state index in [-0.39, 0.29) is 0 Å². The number of alkyl halides is 1. The molecule has 74 valence electrons. The smallest absolute Gasteiger partial charge is 0.0630 e. The Labute approximate surface area is 100 Å². The van der Waals surface area contributed by atoms with Crippen molar-refractivity contribution < 1.29 is 0 Å². The van der Waals surface area contributed by atoms with Crippen molar-refractivity contribution in [3.05, 3.63) is 40.5 Å². The van der Waals surface area contributed by atoms with E-state index < -0.39 is 0 Å². The minimum Gasteiger partial charge on any atom is -0.404 e. The van der Waals surface area contributed by atoms with Crippen molar-refractivity contribution in [2.24, 2.45) is 10.7 Å². The van der Waals surface area contributed by atoms with E-state index in [4.69, 9.17) is 5.73 Å². The lowest BCUT2D eigenvalue weighted by molar-refractivity contribution is 1.41. The molecule has 0 atom stereocenters. The van der Waals surface area contributed by atoms with Crippen molar-refractivity contribution in [2.75, 3.05) is 0 Å². The highest BCUT2D eigenvalue weighted by Gasteiger charge is 1.90. The molecule has 0 amide bonds. The van der Waals surface area contributed by atoms with Crippen LogP contribution in [0.4, 0.5) is 5.69 Å². The molecular formula is C10H10Br2N2. The maximum atomic E-state index is 5.28. The summed E-state index contributed by atoms with van der Waals surface area (Å²) in [6.07, 6.45) is 3.12. The molecule has 0 spiro atoms. The molecule has 0 fully saturated rings. The molecule has 1 aromatic carbocycles. The monoisotopic (exact) mass is 316 g/mol. The Balaban J connectivity index is 2.73. The average molecular weight is 318 g/mol. The van der Waals surface area contributed by atoms with E-state index in [9.17, 15) is 0 Å². The first-order valence-electron chi connectivity index (χ1n) is 4.02. The highest BCUT2D eigenvalue weighted by atomic mass is 79.9. The minimum absolute atomic E-state index is 0.766. The summed E-state index contributed by atoms with van der Waals surface area (Å²) in [5, 5.41) is 0.864. The van der Waals surface area contributed by atoms with Gasteiger partial charge in [-0.25, -0.2) is 0 Å². The molecule has 0 saturated heterocycles. The number of aliphatic imine (C=N–C) groups is 1. The van der Waals surface area contributed by atoms with Crippen LogP contribution < -0.4 is 5.73 Å². The van der Waals surface area contributed by atoms with Crippen LogP contribution >= 0.6 is 31.9 Å². The Bertz CT molecular complexity index is 342. The van der Waals surface area contributed by atoms with Gasteiger partial charge in [0, 0.05) is 17.7 Å². The minimum atomic E-state index is 0.766. The molecule has 1 aromatic rings. The molecule has 0 unspecified atom stereocenters. The highest BCUT2D eigenvalue weighted by Crippen LogP contribution is 2.15.